The molecular weight excluding hydrogens is 406 g/mol. The summed E-state index contributed by atoms with van der Waals surface area (Å²) in [4.78, 5) is 22.6. The quantitative estimate of drug-likeness (QED) is 0.451. The second-order valence-electron chi connectivity index (χ2n) is 4.11. The van der Waals surface area contributed by atoms with E-state index in [1.807, 2.05) is 0 Å². The molecule has 8 heteroatoms. The molecule has 0 aliphatic carbocycles. The maximum Gasteiger partial charge on any atom is 0.293 e. The van der Waals surface area contributed by atoms with E-state index >= 15 is 0 Å². The van der Waals surface area contributed by atoms with E-state index in [0.717, 1.165) is 0 Å². The highest BCUT2D eigenvalue weighted by atomic mass is 79.9. The minimum Gasteiger partial charge on any atom is -0.398 e. The predicted molar refractivity (Wildman–Crippen MR) is 87.3 cm³/mol. The third kappa shape index (κ3) is 3.59. The van der Waals surface area contributed by atoms with Gasteiger partial charge in [0.1, 0.15) is 5.69 Å². The van der Waals surface area contributed by atoms with Crippen LogP contribution in [0.1, 0.15) is 10.4 Å². The van der Waals surface area contributed by atoms with Crippen molar-refractivity contribution in [2.75, 3.05) is 11.1 Å². The van der Waals surface area contributed by atoms with Crippen LogP contribution in [0.3, 0.4) is 0 Å². The fourth-order valence-corrected chi connectivity index (χ4v) is 2.24. The van der Waals surface area contributed by atoms with Crippen LogP contribution in [0.15, 0.2) is 45.3 Å². The van der Waals surface area contributed by atoms with Crippen LogP contribution in [0.4, 0.5) is 17.1 Å². The van der Waals surface area contributed by atoms with E-state index in [-0.39, 0.29) is 11.4 Å². The minimum absolute atomic E-state index is 0.120. The number of nitrogens with zero attached hydrogens (tertiary/aromatic N) is 1. The highest BCUT2D eigenvalue weighted by Crippen LogP contribution is 2.28. The van der Waals surface area contributed by atoms with Gasteiger partial charge in [-0.3, -0.25) is 14.9 Å². The lowest BCUT2D eigenvalue weighted by Crippen LogP contribution is -2.13. The number of nitro groups is 1. The summed E-state index contributed by atoms with van der Waals surface area (Å²) < 4.78 is 1.23. The Hall–Kier alpha value is -1.93. The number of halogens is 2. The van der Waals surface area contributed by atoms with Crippen LogP contribution in [0.25, 0.3) is 0 Å². The third-order valence-corrected chi connectivity index (χ3v) is 3.88. The summed E-state index contributed by atoms with van der Waals surface area (Å²) in [6.07, 6.45) is 0. The van der Waals surface area contributed by atoms with Crippen LogP contribution >= 0.6 is 31.9 Å². The van der Waals surface area contributed by atoms with Crippen molar-refractivity contribution in [1.82, 2.24) is 0 Å². The molecule has 2 aromatic carbocycles. The van der Waals surface area contributed by atoms with Crippen molar-refractivity contribution in [2.45, 2.75) is 0 Å². The van der Waals surface area contributed by atoms with Crippen LogP contribution in [-0.2, 0) is 0 Å². The molecule has 21 heavy (non-hydrogen) atoms. The number of nitrogens with one attached hydrogen (secondary N) is 1. The van der Waals surface area contributed by atoms with Gasteiger partial charge in [-0.1, -0.05) is 15.9 Å². The molecule has 0 aromatic heterocycles. The number of rotatable bonds is 3. The fourth-order valence-electron chi connectivity index (χ4n) is 1.64. The lowest BCUT2D eigenvalue weighted by Gasteiger charge is -2.07. The molecule has 6 nitrogen and oxygen atoms in total. The molecule has 0 unspecified atom stereocenters. The van der Waals surface area contributed by atoms with E-state index < -0.39 is 10.8 Å². The topological polar surface area (TPSA) is 98.3 Å². The fraction of sp³-hybridized carbons (Fsp3) is 0. The van der Waals surface area contributed by atoms with Gasteiger partial charge in [0.2, 0.25) is 0 Å². The zero-order valence-electron chi connectivity index (χ0n) is 10.5. The van der Waals surface area contributed by atoms with Gasteiger partial charge < -0.3 is 11.1 Å². The van der Waals surface area contributed by atoms with Crippen LogP contribution in [0, 0.1) is 10.1 Å². The highest BCUT2D eigenvalue weighted by molar-refractivity contribution is 9.10. The standard InChI is InChI=1S/C13H9Br2N3O3/c14-8-2-4-11(12(6-8)18(20)21)17-13(19)7-1-3-9(15)10(16)5-7/h1-6H,16H2,(H,17,19). The smallest absolute Gasteiger partial charge is 0.293 e. The number of nitrogens with two attached hydrogens (primary N) is 1. The molecule has 0 heterocycles. The van der Waals surface area contributed by atoms with E-state index in [2.05, 4.69) is 37.2 Å². The zero-order chi connectivity index (χ0) is 15.6. The molecule has 0 bridgehead atoms. The average molecular weight is 415 g/mol. The van der Waals surface area contributed by atoms with Crippen molar-refractivity contribution in [3.05, 3.63) is 61.0 Å². The Balaban J connectivity index is 2.31. The summed E-state index contributed by atoms with van der Waals surface area (Å²) in [5.41, 5.74) is 6.36. The van der Waals surface area contributed by atoms with Gasteiger partial charge in [-0.15, -0.1) is 0 Å². The lowest BCUT2D eigenvalue weighted by molar-refractivity contribution is -0.384. The average Bonchev–Trinajstić information content (AvgIpc) is 2.43. The van der Waals surface area contributed by atoms with Crippen molar-refractivity contribution >= 4 is 54.8 Å². The van der Waals surface area contributed by atoms with Crippen LogP contribution in [0.5, 0.6) is 0 Å². The summed E-state index contributed by atoms with van der Waals surface area (Å²) in [5.74, 6) is -0.473. The lowest BCUT2D eigenvalue weighted by atomic mass is 10.2. The van der Waals surface area contributed by atoms with E-state index in [0.29, 0.717) is 20.2 Å². The Bertz CT molecular complexity index is 735. The van der Waals surface area contributed by atoms with Gasteiger partial charge in [0.05, 0.1) is 4.92 Å². The Labute approximate surface area is 136 Å². The monoisotopic (exact) mass is 413 g/mol. The van der Waals surface area contributed by atoms with E-state index in [4.69, 9.17) is 5.73 Å². The van der Waals surface area contributed by atoms with Crippen LogP contribution < -0.4 is 11.1 Å². The SMILES string of the molecule is Nc1cc(C(=O)Nc2ccc(Br)cc2[N+](=O)[O-])ccc1Br. The first-order valence-corrected chi connectivity index (χ1v) is 7.27. The molecular formula is C13H9Br2N3O3. The van der Waals surface area contributed by atoms with Gasteiger partial charge in [-0.2, -0.15) is 0 Å². The van der Waals surface area contributed by atoms with E-state index in [1.165, 1.54) is 18.2 Å². The van der Waals surface area contributed by atoms with Gasteiger partial charge in [0, 0.05) is 26.3 Å². The highest BCUT2D eigenvalue weighted by Gasteiger charge is 2.17. The van der Waals surface area contributed by atoms with Crippen molar-refractivity contribution < 1.29 is 9.72 Å². The molecule has 0 saturated heterocycles. The number of nitrogen functional groups attached to an aromatic ring is 1. The molecule has 3 N–H and O–H groups in total. The van der Waals surface area contributed by atoms with Crippen molar-refractivity contribution in [2.24, 2.45) is 0 Å². The Morgan fingerprint density at radius 2 is 1.90 bits per heavy atom. The van der Waals surface area contributed by atoms with Crippen LogP contribution in [-0.4, -0.2) is 10.8 Å². The van der Waals surface area contributed by atoms with Crippen molar-refractivity contribution in [1.29, 1.82) is 0 Å². The third-order valence-electron chi connectivity index (χ3n) is 2.66. The number of anilines is 2. The number of hydrogen-bond donors (Lipinski definition) is 2. The van der Waals surface area contributed by atoms with Gasteiger partial charge in [-0.25, -0.2) is 0 Å². The second kappa shape index (κ2) is 6.23. The molecule has 0 aliphatic heterocycles. The summed E-state index contributed by atoms with van der Waals surface area (Å²) in [6.45, 7) is 0. The second-order valence-corrected chi connectivity index (χ2v) is 5.88. The predicted octanol–water partition coefficient (Wildman–Crippen LogP) is 3.95. The molecule has 1 amide bonds. The maximum absolute atomic E-state index is 12.1. The van der Waals surface area contributed by atoms with E-state index in [1.54, 1.807) is 18.2 Å². The number of amides is 1. The van der Waals surface area contributed by atoms with Crippen molar-refractivity contribution in [3.8, 4) is 0 Å². The van der Waals surface area contributed by atoms with Gasteiger partial charge in [-0.05, 0) is 46.3 Å². The molecule has 108 valence electrons. The van der Waals surface area contributed by atoms with Gasteiger partial charge >= 0.3 is 0 Å². The van der Waals surface area contributed by atoms with Crippen LogP contribution in [0.2, 0.25) is 0 Å². The molecule has 0 fully saturated rings. The number of carbonyl (C=O) groups excluding carboxylic acids is 1. The zero-order valence-corrected chi connectivity index (χ0v) is 13.6. The number of hydrogen-bond acceptors (Lipinski definition) is 4. The Morgan fingerprint density at radius 3 is 2.52 bits per heavy atom. The molecule has 0 spiro atoms. The first kappa shape index (κ1) is 15.5. The number of carbonyl (C=O) groups is 1. The largest absolute Gasteiger partial charge is 0.398 e. The molecule has 0 atom stereocenters. The molecule has 0 radical (unpaired) electrons. The Kier molecular flexibility index (Phi) is 4.59. The van der Waals surface area contributed by atoms with Gasteiger partial charge in [0.25, 0.3) is 11.6 Å². The summed E-state index contributed by atoms with van der Waals surface area (Å²) in [5, 5.41) is 13.5. The summed E-state index contributed by atoms with van der Waals surface area (Å²) in [6, 6.07) is 9.09. The Morgan fingerprint density at radius 1 is 1.19 bits per heavy atom. The first-order chi connectivity index (χ1) is 9.88. The maximum atomic E-state index is 12.1. The van der Waals surface area contributed by atoms with Gasteiger partial charge in [0.15, 0.2) is 0 Å². The molecule has 0 aliphatic rings. The molecule has 2 rings (SSSR count). The number of nitro benzene ring substituents is 1. The molecule has 0 saturated carbocycles. The minimum atomic E-state index is -0.559. The van der Waals surface area contributed by atoms with Crippen molar-refractivity contribution in [3.63, 3.8) is 0 Å². The summed E-state index contributed by atoms with van der Waals surface area (Å²) >= 11 is 6.39. The molecule has 2 aromatic rings. The van der Waals surface area contributed by atoms with E-state index in [9.17, 15) is 14.9 Å². The summed E-state index contributed by atoms with van der Waals surface area (Å²) in [7, 11) is 0. The number of benzene rings is 2. The normalized spacial score (nSPS) is 10.2. The first-order valence-electron chi connectivity index (χ1n) is 5.69.